The predicted molar refractivity (Wildman–Crippen MR) is 83.7 cm³/mol. The monoisotopic (exact) mass is 296 g/mol. The number of anilines is 1. The van der Waals surface area contributed by atoms with Crippen molar-refractivity contribution in [1.82, 2.24) is 4.98 Å². The number of aromatic carboxylic acids is 1. The zero-order chi connectivity index (χ0) is 14.8. The molecular formula is C16H12N2O2S. The fourth-order valence-electron chi connectivity index (χ4n) is 2.05. The van der Waals surface area contributed by atoms with Gasteiger partial charge in [0.15, 0.2) is 0 Å². The van der Waals surface area contributed by atoms with Crippen molar-refractivity contribution in [2.75, 3.05) is 5.73 Å². The van der Waals surface area contributed by atoms with Gasteiger partial charge in [0.25, 0.3) is 0 Å². The van der Waals surface area contributed by atoms with Crippen molar-refractivity contribution >= 4 is 34.2 Å². The van der Waals surface area contributed by atoms with Crippen molar-refractivity contribution in [3.63, 3.8) is 0 Å². The van der Waals surface area contributed by atoms with Crippen LogP contribution in [-0.2, 0) is 0 Å². The summed E-state index contributed by atoms with van der Waals surface area (Å²) in [6, 6.07) is 15.4. The summed E-state index contributed by atoms with van der Waals surface area (Å²) in [5.41, 5.74) is 6.06. The van der Waals surface area contributed by atoms with E-state index in [1.165, 1.54) is 24.0 Å². The Morgan fingerprint density at radius 1 is 1.10 bits per heavy atom. The zero-order valence-corrected chi connectivity index (χ0v) is 11.8. The van der Waals surface area contributed by atoms with E-state index in [2.05, 4.69) is 4.98 Å². The first-order valence-corrected chi connectivity index (χ1v) is 7.10. The van der Waals surface area contributed by atoms with Crippen LogP contribution in [0, 0.1) is 0 Å². The summed E-state index contributed by atoms with van der Waals surface area (Å²) in [5, 5.41) is 11.9. The zero-order valence-electron chi connectivity index (χ0n) is 11.0. The van der Waals surface area contributed by atoms with Gasteiger partial charge in [-0.3, -0.25) is 0 Å². The maximum atomic E-state index is 11.3. The molecule has 5 heteroatoms. The molecule has 0 spiro atoms. The highest BCUT2D eigenvalue weighted by molar-refractivity contribution is 7.99. The van der Waals surface area contributed by atoms with Gasteiger partial charge in [0.1, 0.15) is 5.03 Å². The minimum atomic E-state index is -1.03. The van der Waals surface area contributed by atoms with Gasteiger partial charge in [0.2, 0.25) is 0 Å². The Kier molecular flexibility index (Phi) is 3.50. The molecule has 0 radical (unpaired) electrons. The van der Waals surface area contributed by atoms with Crippen LogP contribution in [0.1, 0.15) is 10.4 Å². The van der Waals surface area contributed by atoms with E-state index in [4.69, 9.17) is 5.73 Å². The Hall–Kier alpha value is -2.53. The van der Waals surface area contributed by atoms with E-state index in [9.17, 15) is 9.90 Å². The summed E-state index contributed by atoms with van der Waals surface area (Å²) in [6.07, 6.45) is 1.47. The number of nitrogen functional groups attached to an aromatic ring is 1. The van der Waals surface area contributed by atoms with Gasteiger partial charge < -0.3 is 10.8 Å². The highest BCUT2D eigenvalue weighted by Crippen LogP contribution is 2.31. The van der Waals surface area contributed by atoms with Crippen LogP contribution in [0.4, 0.5) is 5.69 Å². The lowest BCUT2D eigenvalue weighted by Gasteiger charge is -2.07. The molecule has 1 heterocycles. The average molecular weight is 296 g/mol. The summed E-state index contributed by atoms with van der Waals surface area (Å²) in [6.45, 7) is 0. The first-order chi connectivity index (χ1) is 10.1. The van der Waals surface area contributed by atoms with E-state index >= 15 is 0 Å². The lowest BCUT2D eigenvalue weighted by atomic mass is 10.1. The predicted octanol–water partition coefficient (Wildman–Crippen LogP) is 3.67. The topological polar surface area (TPSA) is 76.2 Å². The average Bonchev–Trinajstić information content (AvgIpc) is 2.49. The molecule has 3 N–H and O–H groups in total. The Morgan fingerprint density at radius 2 is 1.86 bits per heavy atom. The summed E-state index contributed by atoms with van der Waals surface area (Å²) in [4.78, 5) is 16.3. The van der Waals surface area contributed by atoms with Crippen LogP contribution in [0.25, 0.3) is 10.8 Å². The minimum absolute atomic E-state index is 0.119. The molecule has 0 saturated carbocycles. The van der Waals surface area contributed by atoms with Gasteiger partial charge in [0.05, 0.1) is 17.4 Å². The SMILES string of the molecule is Nc1cnc(Sc2ccc3ccccc3c2)c(C(=O)O)c1. The van der Waals surface area contributed by atoms with Crippen molar-refractivity contribution < 1.29 is 9.90 Å². The quantitative estimate of drug-likeness (QED) is 0.771. The lowest BCUT2D eigenvalue weighted by Crippen LogP contribution is -2.02. The highest BCUT2D eigenvalue weighted by Gasteiger charge is 2.13. The molecule has 0 aliphatic rings. The Bertz CT molecular complexity index is 833. The van der Waals surface area contributed by atoms with Crippen LogP contribution in [-0.4, -0.2) is 16.1 Å². The minimum Gasteiger partial charge on any atom is -0.478 e. The molecule has 0 saturated heterocycles. The molecule has 104 valence electrons. The van der Waals surface area contributed by atoms with Crippen molar-refractivity contribution in [2.24, 2.45) is 0 Å². The molecule has 21 heavy (non-hydrogen) atoms. The maximum Gasteiger partial charge on any atom is 0.338 e. The third kappa shape index (κ3) is 2.83. The fraction of sp³-hybridized carbons (Fsp3) is 0. The number of hydrogen-bond donors (Lipinski definition) is 2. The second-order valence-electron chi connectivity index (χ2n) is 4.54. The number of pyridine rings is 1. The van der Waals surface area contributed by atoms with Gasteiger partial charge in [-0.25, -0.2) is 9.78 Å². The third-order valence-corrected chi connectivity index (χ3v) is 4.05. The van der Waals surface area contributed by atoms with Crippen molar-refractivity contribution in [3.05, 3.63) is 60.3 Å². The Balaban J connectivity index is 2.00. The molecule has 0 atom stereocenters. The molecule has 0 aliphatic heterocycles. The number of nitrogens with zero attached hydrogens (tertiary/aromatic N) is 1. The Labute approximate surface area is 125 Å². The number of hydrogen-bond acceptors (Lipinski definition) is 4. The van der Waals surface area contributed by atoms with Crippen LogP contribution in [0.15, 0.2) is 64.6 Å². The maximum absolute atomic E-state index is 11.3. The Morgan fingerprint density at radius 3 is 2.62 bits per heavy atom. The van der Waals surface area contributed by atoms with E-state index in [1.54, 1.807) is 0 Å². The smallest absolute Gasteiger partial charge is 0.338 e. The van der Waals surface area contributed by atoms with Crippen LogP contribution >= 0.6 is 11.8 Å². The number of nitrogens with two attached hydrogens (primary N) is 1. The fourth-order valence-corrected chi connectivity index (χ4v) is 2.95. The second kappa shape index (κ2) is 5.46. The molecule has 0 amide bonds. The lowest BCUT2D eigenvalue weighted by molar-refractivity contribution is 0.0692. The number of carboxylic acids is 1. The van der Waals surface area contributed by atoms with Crippen molar-refractivity contribution in [3.8, 4) is 0 Å². The molecule has 2 aromatic carbocycles. The van der Waals surface area contributed by atoms with E-state index in [0.717, 1.165) is 15.7 Å². The van der Waals surface area contributed by atoms with E-state index in [0.29, 0.717) is 10.7 Å². The summed E-state index contributed by atoms with van der Waals surface area (Å²) in [7, 11) is 0. The summed E-state index contributed by atoms with van der Waals surface area (Å²) in [5.74, 6) is -1.03. The highest BCUT2D eigenvalue weighted by atomic mass is 32.2. The first-order valence-electron chi connectivity index (χ1n) is 6.29. The van der Waals surface area contributed by atoms with Gasteiger partial charge in [0, 0.05) is 4.90 Å². The van der Waals surface area contributed by atoms with E-state index in [-0.39, 0.29) is 5.56 Å². The van der Waals surface area contributed by atoms with Crippen LogP contribution in [0.3, 0.4) is 0 Å². The summed E-state index contributed by atoms with van der Waals surface area (Å²) < 4.78 is 0. The van der Waals surface area contributed by atoms with Gasteiger partial charge in [-0.15, -0.1) is 0 Å². The standard InChI is InChI=1S/C16H12N2O2S/c17-12-8-14(16(19)20)15(18-9-12)21-13-6-5-10-3-1-2-4-11(10)7-13/h1-9H,17H2,(H,19,20). The van der Waals surface area contributed by atoms with Gasteiger partial charge in [-0.05, 0) is 29.0 Å². The molecule has 1 aromatic heterocycles. The third-order valence-electron chi connectivity index (χ3n) is 3.04. The number of fused-ring (bicyclic) bond motifs is 1. The van der Waals surface area contributed by atoms with Crippen LogP contribution in [0.5, 0.6) is 0 Å². The number of aromatic nitrogens is 1. The number of rotatable bonds is 3. The van der Waals surface area contributed by atoms with Crippen molar-refractivity contribution in [2.45, 2.75) is 9.92 Å². The second-order valence-corrected chi connectivity index (χ2v) is 5.60. The molecular weight excluding hydrogens is 284 g/mol. The first kappa shape index (κ1) is 13.5. The number of carbonyl (C=O) groups is 1. The molecule has 4 nitrogen and oxygen atoms in total. The van der Waals surface area contributed by atoms with Gasteiger partial charge >= 0.3 is 5.97 Å². The normalized spacial score (nSPS) is 10.7. The molecule has 0 bridgehead atoms. The molecule has 3 rings (SSSR count). The van der Waals surface area contributed by atoms with Crippen LogP contribution < -0.4 is 5.73 Å². The van der Waals surface area contributed by atoms with E-state index < -0.39 is 5.97 Å². The summed E-state index contributed by atoms with van der Waals surface area (Å²) >= 11 is 1.32. The van der Waals surface area contributed by atoms with Crippen LogP contribution in [0.2, 0.25) is 0 Å². The number of carboxylic acid groups (broad SMARTS) is 1. The van der Waals surface area contributed by atoms with Crippen molar-refractivity contribution in [1.29, 1.82) is 0 Å². The van der Waals surface area contributed by atoms with E-state index in [1.807, 2.05) is 42.5 Å². The molecule has 0 fully saturated rings. The molecule has 0 unspecified atom stereocenters. The molecule has 0 aliphatic carbocycles. The van der Waals surface area contributed by atoms with Gasteiger partial charge in [-0.2, -0.15) is 0 Å². The molecule has 3 aromatic rings. The number of benzene rings is 2. The largest absolute Gasteiger partial charge is 0.478 e. The van der Waals surface area contributed by atoms with Gasteiger partial charge in [-0.1, -0.05) is 42.1 Å².